The number of aliphatic carboxylic acids is 1. The van der Waals surface area contributed by atoms with Crippen molar-refractivity contribution in [1.82, 2.24) is 4.90 Å². The van der Waals surface area contributed by atoms with E-state index in [2.05, 4.69) is 0 Å². The number of rotatable bonds is 2. The molecule has 2 rings (SSSR count). The predicted octanol–water partition coefficient (Wildman–Crippen LogP) is 1.40. The van der Waals surface area contributed by atoms with E-state index in [0.29, 0.717) is 0 Å². The summed E-state index contributed by atoms with van der Waals surface area (Å²) < 4.78 is 27.0. The van der Waals surface area contributed by atoms with Gasteiger partial charge in [-0.1, -0.05) is 12.1 Å². The van der Waals surface area contributed by atoms with Crippen LogP contribution in [0.15, 0.2) is 18.2 Å². The van der Waals surface area contributed by atoms with Gasteiger partial charge < -0.3 is 10.2 Å². The summed E-state index contributed by atoms with van der Waals surface area (Å²) in [5.41, 5.74) is 0.144. The Morgan fingerprint density at radius 1 is 1.42 bits per heavy atom. The molecule has 6 heteroatoms. The number of hydrogen-bond donors (Lipinski definition) is 2. The fraction of sp³-hybridized carbons (Fsp3) is 0.462. The molecule has 0 aromatic heterocycles. The Morgan fingerprint density at radius 2 is 2.11 bits per heavy atom. The first-order valence-electron chi connectivity index (χ1n) is 5.96. The maximum Gasteiger partial charge on any atom is 0.310 e. The Balaban J connectivity index is 2.27. The van der Waals surface area contributed by atoms with Crippen molar-refractivity contribution in [2.24, 2.45) is 5.92 Å². The highest BCUT2D eigenvalue weighted by molar-refractivity contribution is 5.71. The van der Waals surface area contributed by atoms with Crippen LogP contribution in [0.3, 0.4) is 0 Å². The van der Waals surface area contributed by atoms with E-state index in [4.69, 9.17) is 5.11 Å². The van der Waals surface area contributed by atoms with E-state index in [1.54, 1.807) is 11.9 Å². The fourth-order valence-corrected chi connectivity index (χ4v) is 2.52. The number of halogens is 2. The monoisotopic (exact) mass is 271 g/mol. The van der Waals surface area contributed by atoms with E-state index in [1.165, 1.54) is 12.1 Å². The van der Waals surface area contributed by atoms with Crippen LogP contribution < -0.4 is 0 Å². The SMILES string of the molecule is CN1CC(C(=O)O)C(O)CC1c1cccc(F)c1F. The number of hydrogen-bond acceptors (Lipinski definition) is 3. The highest BCUT2D eigenvalue weighted by atomic mass is 19.2. The summed E-state index contributed by atoms with van der Waals surface area (Å²) in [6.07, 6.45) is -1.00. The average molecular weight is 271 g/mol. The lowest BCUT2D eigenvalue weighted by Gasteiger charge is -2.38. The number of nitrogens with zero attached hydrogens (tertiary/aromatic N) is 1. The highest BCUT2D eigenvalue weighted by Gasteiger charge is 2.38. The quantitative estimate of drug-likeness (QED) is 0.853. The van der Waals surface area contributed by atoms with Gasteiger partial charge in [0.15, 0.2) is 11.6 Å². The molecule has 1 aliphatic heterocycles. The number of carboxylic acid groups (broad SMARTS) is 1. The number of carbonyl (C=O) groups is 1. The molecule has 1 aliphatic rings. The summed E-state index contributed by atoms with van der Waals surface area (Å²) in [4.78, 5) is 12.6. The van der Waals surface area contributed by atoms with E-state index in [9.17, 15) is 18.7 Å². The van der Waals surface area contributed by atoms with E-state index < -0.39 is 35.7 Å². The first-order valence-corrected chi connectivity index (χ1v) is 5.96. The zero-order chi connectivity index (χ0) is 14.2. The van der Waals surface area contributed by atoms with Crippen LogP contribution in [-0.2, 0) is 4.79 Å². The molecular weight excluding hydrogens is 256 g/mol. The smallest absolute Gasteiger partial charge is 0.310 e. The van der Waals surface area contributed by atoms with Gasteiger partial charge in [0.1, 0.15) is 0 Å². The summed E-state index contributed by atoms with van der Waals surface area (Å²) >= 11 is 0. The Bertz CT molecular complexity index is 495. The summed E-state index contributed by atoms with van der Waals surface area (Å²) in [6.45, 7) is 0.0944. The van der Waals surface area contributed by atoms with Crippen molar-refractivity contribution < 1.29 is 23.8 Å². The average Bonchev–Trinajstić information content (AvgIpc) is 2.35. The zero-order valence-electron chi connectivity index (χ0n) is 10.4. The van der Waals surface area contributed by atoms with Crippen LogP contribution in [0.2, 0.25) is 0 Å². The van der Waals surface area contributed by atoms with E-state index >= 15 is 0 Å². The molecule has 0 radical (unpaired) electrons. The highest BCUT2D eigenvalue weighted by Crippen LogP contribution is 2.34. The molecule has 4 nitrogen and oxygen atoms in total. The van der Waals surface area contributed by atoms with Gasteiger partial charge in [0, 0.05) is 18.2 Å². The van der Waals surface area contributed by atoms with Crippen molar-refractivity contribution in [3.8, 4) is 0 Å². The second-order valence-electron chi connectivity index (χ2n) is 4.85. The normalized spacial score (nSPS) is 28.3. The van der Waals surface area contributed by atoms with Crippen LogP contribution in [-0.4, -0.2) is 40.8 Å². The molecule has 0 aliphatic carbocycles. The Morgan fingerprint density at radius 3 is 2.74 bits per heavy atom. The fourth-order valence-electron chi connectivity index (χ4n) is 2.52. The third-order valence-electron chi connectivity index (χ3n) is 3.60. The van der Waals surface area contributed by atoms with Gasteiger partial charge in [-0.15, -0.1) is 0 Å². The maximum absolute atomic E-state index is 13.7. The van der Waals surface area contributed by atoms with Crippen LogP contribution in [0.1, 0.15) is 18.0 Å². The van der Waals surface area contributed by atoms with Crippen molar-refractivity contribution in [3.05, 3.63) is 35.4 Å². The van der Waals surface area contributed by atoms with E-state index in [0.717, 1.165) is 6.07 Å². The van der Waals surface area contributed by atoms with Crippen LogP contribution >= 0.6 is 0 Å². The van der Waals surface area contributed by atoms with Gasteiger partial charge in [0.25, 0.3) is 0 Å². The molecule has 104 valence electrons. The molecule has 0 bridgehead atoms. The minimum absolute atomic E-state index is 0.0633. The topological polar surface area (TPSA) is 60.8 Å². The Labute approximate surface area is 109 Å². The molecule has 3 atom stereocenters. The van der Waals surface area contributed by atoms with Gasteiger partial charge >= 0.3 is 5.97 Å². The molecule has 1 heterocycles. The molecule has 0 spiro atoms. The van der Waals surface area contributed by atoms with Crippen molar-refractivity contribution >= 4 is 5.97 Å². The summed E-state index contributed by atoms with van der Waals surface area (Å²) in [7, 11) is 1.64. The van der Waals surface area contributed by atoms with E-state index in [1.807, 2.05) is 0 Å². The lowest BCUT2D eigenvalue weighted by Crippen LogP contribution is -2.46. The molecule has 3 unspecified atom stereocenters. The number of aliphatic hydroxyl groups is 1. The molecule has 1 aromatic carbocycles. The molecule has 1 aromatic rings. The Kier molecular flexibility index (Phi) is 3.82. The molecule has 0 amide bonds. The number of likely N-dealkylation sites (tertiary alicyclic amines) is 1. The minimum atomic E-state index is -1.09. The van der Waals surface area contributed by atoms with Gasteiger partial charge in [0.05, 0.1) is 12.0 Å². The van der Waals surface area contributed by atoms with Gasteiger partial charge in [-0.3, -0.25) is 9.69 Å². The van der Waals surface area contributed by atoms with E-state index in [-0.39, 0.29) is 18.5 Å². The van der Waals surface area contributed by atoms with Crippen LogP contribution in [0, 0.1) is 17.6 Å². The number of benzene rings is 1. The number of piperidine rings is 1. The summed E-state index contributed by atoms with van der Waals surface area (Å²) in [6, 6.07) is 3.35. The second kappa shape index (κ2) is 5.22. The van der Waals surface area contributed by atoms with Gasteiger partial charge in [0.2, 0.25) is 0 Å². The Hall–Kier alpha value is -1.53. The lowest BCUT2D eigenvalue weighted by molar-refractivity contribution is -0.150. The molecule has 0 saturated carbocycles. The predicted molar refractivity (Wildman–Crippen MR) is 63.5 cm³/mol. The van der Waals surface area contributed by atoms with Gasteiger partial charge in [-0.05, 0) is 19.5 Å². The minimum Gasteiger partial charge on any atom is -0.481 e. The van der Waals surface area contributed by atoms with Crippen LogP contribution in [0.4, 0.5) is 8.78 Å². The largest absolute Gasteiger partial charge is 0.481 e. The first kappa shape index (κ1) is 13.9. The van der Waals surface area contributed by atoms with Crippen LogP contribution in [0.5, 0.6) is 0 Å². The summed E-state index contributed by atoms with van der Waals surface area (Å²) in [5.74, 6) is -3.88. The van der Waals surface area contributed by atoms with Crippen LogP contribution in [0.25, 0.3) is 0 Å². The van der Waals surface area contributed by atoms with Gasteiger partial charge in [-0.25, -0.2) is 8.78 Å². The number of aliphatic hydroxyl groups excluding tert-OH is 1. The molecule has 1 saturated heterocycles. The van der Waals surface area contributed by atoms with Crippen molar-refractivity contribution in [2.45, 2.75) is 18.6 Å². The molecule has 19 heavy (non-hydrogen) atoms. The van der Waals surface area contributed by atoms with Gasteiger partial charge in [-0.2, -0.15) is 0 Å². The van der Waals surface area contributed by atoms with Crippen molar-refractivity contribution in [2.75, 3.05) is 13.6 Å². The third kappa shape index (κ3) is 2.59. The maximum atomic E-state index is 13.7. The summed E-state index contributed by atoms with van der Waals surface area (Å²) in [5, 5.41) is 18.8. The van der Waals surface area contributed by atoms with Crippen molar-refractivity contribution in [1.29, 1.82) is 0 Å². The first-order chi connectivity index (χ1) is 8.91. The zero-order valence-corrected chi connectivity index (χ0v) is 10.4. The molecule has 1 fully saturated rings. The molecular formula is C13H15F2NO3. The second-order valence-corrected chi connectivity index (χ2v) is 4.85. The van der Waals surface area contributed by atoms with Crippen molar-refractivity contribution in [3.63, 3.8) is 0 Å². The third-order valence-corrected chi connectivity index (χ3v) is 3.60. The standard InChI is InChI=1S/C13H15F2NO3/c1-16-6-8(13(18)19)11(17)5-10(16)7-3-2-4-9(14)12(7)15/h2-4,8,10-11,17H,5-6H2,1H3,(H,18,19). The lowest BCUT2D eigenvalue weighted by atomic mass is 9.87. The number of carboxylic acids is 1. The molecule has 2 N–H and O–H groups in total.